The lowest BCUT2D eigenvalue weighted by Gasteiger charge is -2.17. The largest absolute Gasteiger partial charge is 0.435 e. The molecule has 0 saturated heterocycles. The van der Waals surface area contributed by atoms with Gasteiger partial charge < -0.3 is 9.30 Å². The van der Waals surface area contributed by atoms with Crippen molar-refractivity contribution in [2.45, 2.75) is 30.6 Å². The molecule has 4 rings (SSSR count). The van der Waals surface area contributed by atoms with Crippen LogP contribution in [0.5, 0.6) is 5.75 Å². The van der Waals surface area contributed by atoms with Crippen LogP contribution >= 0.6 is 0 Å². The first kappa shape index (κ1) is 27.0. The van der Waals surface area contributed by atoms with Crippen LogP contribution in [0, 0.1) is 17.1 Å². The molecule has 0 fully saturated rings. The minimum Gasteiger partial charge on any atom is -0.435 e. The van der Waals surface area contributed by atoms with E-state index in [0.717, 1.165) is 24.4 Å². The standard InChI is InChI=1S/C24H16F6N4O3S/c1-13(24(28,29)30)33-38(35,36)17-7-9-20(32-12-17)22-19(11-31)18-8-6-16(37-23(26)27)10-21(18)34(22)15-4-2-14(25)3-5-15/h2-10,12-13,23,33H,1H3/t13-/m0/s1. The number of hydrogen-bond donors (Lipinski definition) is 1. The Labute approximate surface area is 212 Å². The van der Waals surface area contributed by atoms with Crippen molar-refractivity contribution >= 4 is 20.9 Å². The Hall–Kier alpha value is -4.09. The zero-order valence-electron chi connectivity index (χ0n) is 19.2. The van der Waals surface area contributed by atoms with E-state index in [1.165, 1.54) is 45.7 Å². The van der Waals surface area contributed by atoms with Crippen LogP contribution in [0.3, 0.4) is 0 Å². The third kappa shape index (κ3) is 5.29. The van der Waals surface area contributed by atoms with Crippen molar-refractivity contribution in [3.8, 4) is 28.9 Å². The fourth-order valence-corrected chi connectivity index (χ4v) is 4.88. The van der Waals surface area contributed by atoms with Crippen LogP contribution < -0.4 is 9.46 Å². The molecule has 1 atom stereocenters. The van der Waals surface area contributed by atoms with Gasteiger partial charge in [0.15, 0.2) is 0 Å². The van der Waals surface area contributed by atoms with Gasteiger partial charge in [-0.2, -0.15) is 31.9 Å². The molecule has 0 radical (unpaired) electrons. The summed E-state index contributed by atoms with van der Waals surface area (Å²) >= 11 is 0. The first-order chi connectivity index (χ1) is 17.8. The summed E-state index contributed by atoms with van der Waals surface area (Å²) in [5, 5.41) is 10.2. The van der Waals surface area contributed by atoms with Crippen molar-refractivity contribution in [1.29, 1.82) is 5.26 Å². The van der Waals surface area contributed by atoms with E-state index in [4.69, 9.17) is 0 Å². The molecule has 0 aliphatic heterocycles. The smallest absolute Gasteiger partial charge is 0.404 e. The Balaban J connectivity index is 1.90. The maximum Gasteiger partial charge on any atom is 0.404 e. The topological polar surface area (TPSA) is 97.0 Å². The van der Waals surface area contributed by atoms with Crippen molar-refractivity contribution in [1.82, 2.24) is 14.3 Å². The molecule has 0 aliphatic carbocycles. The normalized spacial score (nSPS) is 13.0. The molecule has 0 amide bonds. The number of benzene rings is 2. The van der Waals surface area contributed by atoms with Gasteiger partial charge >= 0.3 is 12.8 Å². The molecule has 0 saturated carbocycles. The van der Waals surface area contributed by atoms with Gasteiger partial charge in [-0.15, -0.1) is 0 Å². The van der Waals surface area contributed by atoms with Crippen molar-refractivity contribution < 1.29 is 39.5 Å². The van der Waals surface area contributed by atoms with Gasteiger partial charge in [0.2, 0.25) is 10.0 Å². The Morgan fingerprint density at radius 2 is 1.76 bits per heavy atom. The SMILES string of the molecule is C[C@H](NS(=O)(=O)c1ccc(-c2c(C#N)c3ccc(OC(F)F)cc3n2-c2ccc(F)cc2)nc1)C(F)(F)F. The van der Waals surface area contributed by atoms with Crippen molar-refractivity contribution in [3.05, 3.63) is 72.2 Å². The summed E-state index contributed by atoms with van der Waals surface area (Å²) in [6.07, 6.45) is -4.00. The maximum absolute atomic E-state index is 13.6. The second-order valence-corrected chi connectivity index (χ2v) is 9.68. The lowest BCUT2D eigenvalue weighted by Crippen LogP contribution is -2.42. The molecule has 0 unspecified atom stereocenters. The highest BCUT2D eigenvalue weighted by Gasteiger charge is 2.39. The molecule has 0 aliphatic rings. The fraction of sp³-hybridized carbons (Fsp3) is 0.167. The molecule has 0 bridgehead atoms. The Morgan fingerprint density at radius 1 is 1.08 bits per heavy atom. The highest BCUT2D eigenvalue weighted by molar-refractivity contribution is 7.89. The van der Waals surface area contributed by atoms with Gasteiger partial charge in [-0.25, -0.2) is 12.8 Å². The molecular weight excluding hydrogens is 538 g/mol. The number of nitrogens with one attached hydrogen (secondary N) is 1. The molecule has 2 heterocycles. The number of alkyl halides is 5. The Kier molecular flexibility index (Phi) is 7.09. The molecule has 38 heavy (non-hydrogen) atoms. The average molecular weight is 554 g/mol. The lowest BCUT2D eigenvalue weighted by atomic mass is 10.1. The number of rotatable bonds is 7. The number of ether oxygens (including phenoxy) is 1. The van der Waals surface area contributed by atoms with Gasteiger partial charge in [-0.1, -0.05) is 0 Å². The predicted octanol–water partition coefficient (Wildman–Crippen LogP) is 5.53. The molecule has 4 aromatic rings. The second kappa shape index (κ2) is 9.99. The molecule has 2 aromatic heterocycles. The van der Waals surface area contributed by atoms with E-state index in [1.54, 1.807) is 0 Å². The van der Waals surface area contributed by atoms with Gasteiger partial charge in [0.1, 0.15) is 28.6 Å². The number of hydrogen-bond acceptors (Lipinski definition) is 5. The van der Waals surface area contributed by atoms with Crippen molar-refractivity contribution in [2.75, 3.05) is 0 Å². The zero-order valence-corrected chi connectivity index (χ0v) is 20.0. The van der Waals surface area contributed by atoms with Crippen LogP contribution in [-0.4, -0.2) is 36.8 Å². The summed E-state index contributed by atoms with van der Waals surface area (Å²) in [6, 6.07) is 10.7. The number of aromatic nitrogens is 2. The Morgan fingerprint density at radius 3 is 2.32 bits per heavy atom. The highest BCUT2D eigenvalue weighted by Crippen LogP contribution is 2.37. The average Bonchev–Trinajstić information content (AvgIpc) is 3.17. The highest BCUT2D eigenvalue weighted by atomic mass is 32.2. The van der Waals surface area contributed by atoms with E-state index in [1.807, 2.05) is 6.07 Å². The monoisotopic (exact) mass is 554 g/mol. The van der Waals surface area contributed by atoms with Crippen LogP contribution in [-0.2, 0) is 10.0 Å². The number of nitrogens with zero attached hydrogens (tertiary/aromatic N) is 3. The minimum absolute atomic E-state index is 0.0276. The molecule has 1 N–H and O–H groups in total. The van der Waals surface area contributed by atoms with E-state index in [9.17, 15) is 40.0 Å². The van der Waals surface area contributed by atoms with Gasteiger partial charge in [-0.05, 0) is 55.5 Å². The van der Waals surface area contributed by atoms with Crippen LogP contribution in [0.1, 0.15) is 12.5 Å². The first-order valence-electron chi connectivity index (χ1n) is 10.7. The van der Waals surface area contributed by atoms with Crippen LogP contribution in [0.25, 0.3) is 28.0 Å². The lowest BCUT2D eigenvalue weighted by molar-refractivity contribution is -0.147. The van der Waals surface area contributed by atoms with Crippen LogP contribution in [0.4, 0.5) is 26.3 Å². The van der Waals surface area contributed by atoms with Gasteiger partial charge in [0.05, 0.1) is 22.5 Å². The first-order valence-corrected chi connectivity index (χ1v) is 12.1. The third-order valence-electron chi connectivity index (χ3n) is 5.47. The summed E-state index contributed by atoms with van der Waals surface area (Å²) in [6.45, 7) is -2.48. The summed E-state index contributed by atoms with van der Waals surface area (Å²) in [5.41, 5.74) is 0.687. The molecule has 0 spiro atoms. The van der Waals surface area contributed by atoms with E-state index >= 15 is 0 Å². The summed E-state index contributed by atoms with van der Waals surface area (Å²) in [4.78, 5) is 3.50. The predicted molar refractivity (Wildman–Crippen MR) is 124 cm³/mol. The third-order valence-corrected chi connectivity index (χ3v) is 7.00. The summed E-state index contributed by atoms with van der Waals surface area (Å²) in [7, 11) is -4.60. The van der Waals surface area contributed by atoms with E-state index < -0.39 is 39.6 Å². The number of pyridine rings is 1. The zero-order chi connectivity index (χ0) is 27.8. The number of nitriles is 1. The van der Waals surface area contributed by atoms with Crippen LogP contribution in [0.2, 0.25) is 0 Å². The Bertz CT molecular complexity index is 1630. The van der Waals surface area contributed by atoms with E-state index in [2.05, 4.69) is 9.72 Å². The van der Waals surface area contributed by atoms with Gasteiger partial charge in [0.25, 0.3) is 0 Å². The molecule has 7 nitrogen and oxygen atoms in total. The van der Waals surface area contributed by atoms with Crippen molar-refractivity contribution in [3.63, 3.8) is 0 Å². The van der Waals surface area contributed by atoms with Crippen molar-refractivity contribution in [2.24, 2.45) is 0 Å². The minimum atomic E-state index is -4.81. The number of halogens is 6. The molecule has 198 valence electrons. The molecular formula is C24H16F6N4O3S. The van der Waals surface area contributed by atoms with Gasteiger partial charge in [-0.3, -0.25) is 4.98 Å². The van der Waals surface area contributed by atoms with Gasteiger partial charge in [0, 0.05) is 23.3 Å². The fourth-order valence-electron chi connectivity index (χ4n) is 3.70. The van der Waals surface area contributed by atoms with E-state index in [0.29, 0.717) is 18.0 Å². The quantitative estimate of drug-likeness (QED) is 0.303. The maximum atomic E-state index is 13.6. The summed E-state index contributed by atoms with van der Waals surface area (Å²) < 4.78 is 110. The summed E-state index contributed by atoms with van der Waals surface area (Å²) in [5.74, 6) is -0.786. The molecule has 2 aromatic carbocycles. The number of fused-ring (bicyclic) bond motifs is 1. The number of sulfonamides is 1. The van der Waals surface area contributed by atoms with Crippen LogP contribution in [0.15, 0.2) is 65.7 Å². The second-order valence-electron chi connectivity index (χ2n) is 7.97. The van der Waals surface area contributed by atoms with E-state index in [-0.39, 0.29) is 28.2 Å². The molecule has 14 heteroatoms.